The van der Waals surface area contributed by atoms with Gasteiger partial charge in [-0.2, -0.15) is 5.10 Å². The van der Waals surface area contributed by atoms with Gasteiger partial charge in [0.15, 0.2) is 0 Å². The van der Waals surface area contributed by atoms with Gasteiger partial charge < -0.3 is 5.11 Å². The maximum atomic E-state index is 10.8. The first-order chi connectivity index (χ1) is 7.66. The number of nitro benzene ring substituents is 1. The molecule has 1 aromatic heterocycles. The van der Waals surface area contributed by atoms with Crippen LogP contribution in [0.3, 0.4) is 0 Å². The number of aromatic hydroxyl groups is 1. The monoisotopic (exact) mass is 219 g/mol. The average Bonchev–Trinajstić information content (AvgIpc) is 2.73. The quantitative estimate of drug-likeness (QED) is 0.606. The minimum Gasteiger partial charge on any atom is -0.508 e. The van der Waals surface area contributed by atoms with Crippen molar-refractivity contribution in [2.45, 2.75) is 6.42 Å². The number of aromatic nitrogens is 2. The summed E-state index contributed by atoms with van der Waals surface area (Å²) in [6, 6.07) is 5.86. The van der Waals surface area contributed by atoms with Crippen LogP contribution >= 0.6 is 0 Å². The van der Waals surface area contributed by atoms with E-state index < -0.39 is 4.92 Å². The van der Waals surface area contributed by atoms with Gasteiger partial charge in [-0.05, 0) is 18.2 Å². The lowest BCUT2D eigenvalue weighted by atomic mass is 10.1. The van der Waals surface area contributed by atoms with Crippen LogP contribution in [0.2, 0.25) is 0 Å². The molecule has 6 nitrogen and oxygen atoms in total. The standard InChI is InChI=1S/C10H9N3O3/c14-9-2-1-7(10(6-9)13(15)16)5-8-3-4-11-12-8/h1-4,6,14H,5H2,(H,11,12). The van der Waals surface area contributed by atoms with Gasteiger partial charge in [-0.15, -0.1) is 0 Å². The largest absolute Gasteiger partial charge is 0.508 e. The zero-order chi connectivity index (χ0) is 11.5. The molecule has 6 heteroatoms. The predicted molar refractivity (Wildman–Crippen MR) is 56.2 cm³/mol. The molecule has 16 heavy (non-hydrogen) atoms. The first-order valence-electron chi connectivity index (χ1n) is 4.61. The van der Waals surface area contributed by atoms with Crippen LogP contribution in [0.4, 0.5) is 5.69 Å². The number of aromatic amines is 1. The number of benzene rings is 1. The number of H-pyrrole nitrogens is 1. The Morgan fingerprint density at radius 1 is 1.44 bits per heavy atom. The van der Waals surface area contributed by atoms with Crippen molar-refractivity contribution in [1.29, 1.82) is 0 Å². The van der Waals surface area contributed by atoms with Crippen molar-refractivity contribution < 1.29 is 10.0 Å². The second-order valence-electron chi connectivity index (χ2n) is 3.33. The molecule has 1 heterocycles. The predicted octanol–water partition coefficient (Wildman–Crippen LogP) is 1.61. The first kappa shape index (κ1) is 10.2. The van der Waals surface area contributed by atoms with Crippen LogP contribution < -0.4 is 0 Å². The lowest BCUT2D eigenvalue weighted by Gasteiger charge is -2.01. The zero-order valence-electron chi connectivity index (χ0n) is 8.25. The van der Waals surface area contributed by atoms with E-state index in [0.717, 1.165) is 11.8 Å². The molecule has 0 aliphatic heterocycles. The average molecular weight is 219 g/mol. The van der Waals surface area contributed by atoms with Crippen molar-refractivity contribution in [2.24, 2.45) is 0 Å². The number of phenolic OH excluding ortho intramolecular Hbond substituents is 1. The number of rotatable bonds is 3. The molecular formula is C10H9N3O3. The van der Waals surface area contributed by atoms with E-state index in [9.17, 15) is 15.2 Å². The van der Waals surface area contributed by atoms with E-state index >= 15 is 0 Å². The van der Waals surface area contributed by atoms with Crippen LogP contribution in [-0.2, 0) is 6.42 Å². The summed E-state index contributed by atoms with van der Waals surface area (Å²) in [6.45, 7) is 0. The smallest absolute Gasteiger partial charge is 0.276 e. The molecule has 0 saturated carbocycles. The van der Waals surface area contributed by atoms with Gasteiger partial charge in [0.05, 0.1) is 11.0 Å². The van der Waals surface area contributed by atoms with Gasteiger partial charge >= 0.3 is 0 Å². The Morgan fingerprint density at radius 3 is 2.88 bits per heavy atom. The fourth-order valence-corrected chi connectivity index (χ4v) is 1.46. The lowest BCUT2D eigenvalue weighted by Crippen LogP contribution is -1.96. The molecule has 82 valence electrons. The third kappa shape index (κ3) is 2.00. The Morgan fingerprint density at radius 2 is 2.25 bits per heavy atom. The van der Waals surface area contributed by atoms with Gasteiger partial charge in [0.1, 0.15) is 5.75 Å². The summed E-state index contributed by atoms with van der Waals surface area (Å²) in [5, 5.41) is 26.5. The van der Waals surface area contributed by atoms with Crippen molar-refractivity contribution in [2.75, 3.05) is 0 Å². The van der Waals surface area contributed by atoms with Crippen molar-refractivity contribution in [3.63, 3.8) is 0 Å². The Balaban J connectivity index is 2.36. The topological polar surface area (TPSA) is 92.1 Å². The molecule has 0 saturated heterocycles. The van der Waals surface area contributed by atoms with Crippen LogP contribution in [0.25, 0.3) is 0 Å². The summed E-state index contributed by atoms with van der Waals surface area (Å²) in [5.74, 6) is -0.111. The lowest BCUT2D eigenvalue weighted by molar-refractivity contribution is -0.385. The van der Waals surface area contributed by atoms with E-state index in [-0.39, 0.29) is 11.4 Å². The number of hydrogen-bond donors (Lipinski definition) is 2. The Hall–Kier alpha value is -2.37. The summed E-state index contributed by atoms with van der Waals surface area (Å²) >= 11 is 0. The molecule has 0 aliphatic rings. The number of hydrogen-bond acceptors (Lipinski definition) is 4. The van der Waals surface area contributed by atoms with Gasteiger partial charge in [-0.25, -0.2) is 0 Å². The molecule has 2 aromatic rings. The van der Waals surface area contributed by atoms with E-state index in [1.165, 1.54) is 12.1 Å². The third-order valence-corrected chi connectivity index (χ3v) is 2.20. The minimum absolute atomic E-state index is 0.0883. The summed E-state index contributed by atoms with van der Waals surface area (Å²) in [5.41, 5.74) is 1.23. The SMILES string of the molecule is O=[N+]([O-])c1cc(O)ccc1Cc1ccn[nH]1. The molecule has 1 aromatic carbocycles. The van der Waals surface area contributed by atoms with E-state index in [4.69, 9.17) is 0 Å². The van der Waals surface area contributed by atoms with Crippen LogP contribution in [0.1, 0.15) is 11.3 Å². The fraction of sp³-hybridized carbons (Fsp3) is 0.100. The number of nitrogens with zero attached hydrogens (tertiary/aromatic N) is 2. The molecule has 0 bridgehead atoms. The molecule has 2 rings (SSSR count). The van der Waals surface area contributed by atoms with Gasteiger partial charge in [0, 0.05) is 23.9 Å². The zero-order valence-corrected chi connectivity index (χ0v) is 8.25. The summed E-state index contributed by atoms with van der Waals surface area (Å²) in [4.78, 5) is 10.3. The van der Waals surface area contributed by atoms with Crippen molar-refractivity contribution in [3.8, 4) is 5.75 Å². The molecule has 0 spiro atoms. The van der Waals surface area contributed by atoms with E-state index in [2.05, 4.69) is 10.2 Å². The highest BCUT2D eigenvalue weighted by atomic mass is 16.6. The summed E-state index contributed by atoms with van der Waals surface area (Å²) in [7, 11) is 0. The van der Waals surface area contributed by atoms with E-state index in [1.54, 1.807) is 12.3 Å². The summed E-state index contributed by atoms with van der Waals surface area (Å²) < 4.78 is 0. The first-order valence-corrected chi connectivity index (χ1v) is 4.61. The molecule has 0 radical (unpaired) electrons. The van der Waals surface area contributed by atoms with Crippen molar-refractivity contribution >= 4 is 5.69 Å². The molecule has 0 atom stereocenters. The Bertz CT molecular complexity index is 508. The highest BCUT2D eigenvalue weighted by molar-refractivity contribution is 5.46. The molecule has 2 N–H and O–H groups in total. The molecular weight excluding hydrogens is 210 g/mol. The van der Waals surface area contributed by atoms with Gasteiger partial charge in [0.25, 0.3) is 5.69 Å². The van der Waals surface area contributed by atoms with Crippen molar-refractivity contribution in [3.05, 3.63) is 51.8 Å². The van der Waals surface area contributed by atoms with Gasteiger partial charge in [0.2, 0.25) is 0 Å². The highest BCUT2D eigenvalue weighted by Crippen LogP contribution is 2.25. The molecule has 0 amide bonds. The number of phenols is 1. The van der Waals surface area contributed by atoms with Gasteiger partial charge in [-0.1, -0.05) is 0 Å². The fourth-order valence-electron chi connectivity index (χ4n) is 1.46. The van der Waals surface area contributed by atoms with Crippen molar-refractivity contribution in [1.82, 2.24) is 10.2 Å². The number of nitrogens with one attached hydrogen (secondary N) is 1. The van der Waals surface area contributed by atoms with Gasteiger partial charge in [-0.3, -0.25) is 15.2 Å². The van der Waals surface area contributed by atoms with Crippen LogP contribution in [-0.4, -0.2) is 20.2 Å². The Labute approximate surface area is 90.7 Å². The van der Waals surface area contributed by atoms with Crippen LogP contribution in [0.15, 0.2) is 30.5 Å². The van der Waals surface area contributed by atoms with Crippen LogP contribution in [0, 0.1) is 10.1 Å². The van der Waals surface area contributed by atoms with Crippen LogP contribution in [0.5, 0.6) is 5.75 Å². The molecule has 0 unspecified atom stereocenters. The second kappa shape index (κ2) is 4.01. The summed E-state index contributed by atoms with van der Waals surface area (Å²) in [6.07, 6.45) is 1.97. The number of nitro groups is 1. The van der Waals surface area contributed by atoms with E-state index in [0.29, 0.717) is 12.0 Å². The minimum atomic E-state index is -0.509. The molecule has 0 aliphatic carbocycles. The normalized spacial score (nSPS) is 10.2. The Kier molecular flexibility index (Phi) is 2.55. The maximum Gasteiger partial charge on any atom is 0.276 e. The second-order valence-corrected chi connectivity index (χ2v) is 3.33. The van der Waals surface area contributed by atoms with E-state index in [1.807, 2.05) is 0 Å². The molecule has 0 fully saturated rings. The third-order valence-electron chi connectivity index (χ3n) is 2.20. The maximum absolute atomic E-state index is 10.8. The highest BCUT2D eigenvalue weighted by Gasteiger charge is 2.15.